The molecule has 0 radical (unpaired) electrons. The van der Waals surface area contributed by atoms with E-state index in [1.54, 1.807) is 17.3 Å². The van der Waals surface area contributed by atoms with Crippen molar-refractivity contribution in [3.8, 4) is 5.75 Å². The Labute approximate surface area is 198 Å². The van der Waals surface area contributed by atoms with Crippen LogP contribution in [0.4, 0.5) is 0 Å². The zero-order chi connectivity index (χ0) is 24.1. The Morgan fingerprint density at radius 3 is 2.18 bits per heavy atom. The van der Waals surface area contributed by atoms with Gasteiger partial charge in [-0.3, -0.25) is 9.78 Å². The third kappa shape index (κ3) is 9.50. The summed E-state index contributed by atoms with van der Waals surface area (Å²) in [6, 6.07) is 11.7. The van der Waals surface area contributed by atoms with Crippen LogP contribution in [0.2, 0.25) is 0 Å². The average Bonchev–Trinajstić information content (AvgIpc) is 2.82. The normalized spacial score (nSPS) is 12.2. The van der Waals surface area contributed by atoms with E-state index in [0.717, 1.165) is 16.9 Å². The second kappa shape index (κ2) is 14.6. The van der Waals surface area contributed by atoms with Crippen molar-refractivity contribution in [1.82, 2.24) is 9.88 Å². The number of ether oxygens (including phenoxy) is 3. The van der Waals surface area contributed by atoms with Gasteiger partial charge in [-0.25, -0.2) is 0 Å². The maximum absolute atomic E-state index is 13.6. The molecule has 33 heavy (non-hydrogen) atoms. The van der Waals surface area contributed by atoms with Gasteiger partial charge in [0.25, 0.3) is 0 Å². The van der Waals surface area contributed by atoms with Gasteiger partial charge in [-0.2, -0.15) is 0 Å². The van der Waals surface area contributed by atoms with Crippen LogP contribution in [0.5, 0.6) is 5.75 Å². The first kappa shape index (κ1) is 26.8. The molecule has 0 aliphatic heterocycles. The molecule has 2 aromatic rings. The number of amides is 1. The maximum Gasteiger partial charge on any atom is 0.227 e. The highest BCUT2D eigenvalue weighted by molar-refractivity contribution is 5.79. The minimum atomic E-state index is -0.485. The van der Waals surface area contributed by atoms with Gasteiger partial charge in [0.05, 0.1) is 19.1 Å². The van der Waals surface area contributed by atoms with E-state index < -0.39 is 6.29 Å². The summed E-state index contributed by atoms with van der Waals surface area (Å²) in [6.45, 7) is 10.8. The van der Waals surface area contributed by atoms with Gasteiger partial charge in [0.1, 0.15) is 5.75 Å². The minimum Gasteiger partial charge on any atom is -0.493 e. The maximum atomic E-state index is 13.6. The lowest BCUT2D eigenvalue weighted by Crippen LogP contribution is -2.44. The van der Waals surface area contributed by atoms with Crippen molar-refractivity contribution in [1.29, 1.82) is 0 Å². The zero-order valence-electron chi connectivity index (χ0n) is 20.4. The molecule has 0 bridgehead atoms. The van der Waals surface area contributed by atoms with Gasteiger partial charge in [-0.1, -0.05) is 26.0 Å². The van der Waals surface area contributed by atoms with E-state index in [4.69, 9.17) is 19.9 Å². The Bertz CT molecular complexity index is 793. The largest absolute Gasteiger partial charge is 0.493 e. The number of benzene rings is 1. The Morgan fingerprint density at radius 2 is 1.64 bits per heavy atom. The molecule has 1 aromatic heterocycles. The second-order valence-electron chi connectivity index (χ2n) is 8.40. The molecule has 0 spiro atoms. The fourth-order valence-corrected chi connectivity index (χ4v) is 3.45. The average molecular weight is 458 g/mol. The number of nitrogens with two attached hydrogens (primary N) is 1. The van der Waals surface area contributed by atoms with E-state index in [1.807, 2.05) is 50.2 Å². The molecule has 1 amide bonds. The molecule has 1 atom stereocenters. The highest BCUT2D eigenvalue weighted by atomic mass is 16.7. The van der Waals surface area contributed by atoms with Crippen LogP contribution >= 0.6 is 0 Å². The summed E-state index contributed by atoms with van der Waals surface area (Å²) >= 11 is 0. The van der Waals surface area contributed by atoms with Gasteiger partial charge in [0.2, 0.25) is 5.91 Å². The molecule has 1 aromatic carbocycles. The van der Waals surface area contributed by atoms with Gasteiger partial charge < -0.3 is 24.8 Å². The molecule has 1 heterocycles. The quantitative estimate of drug-likeness (QED) is 0.411. The van der Waals surface area contributed by atoms with E-state index in [0.29, 0.717) is 45.2 Å². The third-order valence-electron chi connectivity index (χ3n) is 5.13. The number of carbonyl (C=O) groups excluding carboxylic acids is 1. The molecule has 0 saturated carbocycles. The van der Waals surface area contributed by atoms with Crippen molar-refractivity contribution in [3.05, 3.63) is 59.9 Å². The molecule has 0 fully saturated rings. The van der Waals surface area contributed by atoms with Crippen molar-refractivity contribution >= 4 is 5.91 Å². The van der Waals surface area contributed by atoms with Crippen LogP contribution in [0, 0.1) is 11.8 Å². The third-order valence-corrected chi connectivity index (χ3v) is 5.13. The summed E-state index contributed by atoms with van der Waals surface area (Å²) in [7, 11) is 0. The highest BCUT2D eigenvalue weighted by Crippen LogP contribution is 2.18. The number of aromatic nitrogens is 1. The van der Waals surface area contributed by atoms with Crippen LogP contribution in [0.15, 0.2) is 48.8 Å². The molecular weight excluding hydrogens is 418 g/mol. The van der Waals surface area contributed by atoms with Crippen molar-refractivity contribution in [2.24, 2.45) is 17.6 Å². The second-order valence-corrected chi connectivity index (χ2v) is 8.40. The molecule has 2 rings (SSSR count). The van der Waals surface area contributed by atoms with Crippen molar-refractivity contribution in [2.75, 3.05) is 32.9 Å². The Balaban J connectivity index is 2.13. The predicted molar refractivity (Wildman–Crippen MR) is 130 cm³/mol. The van der Waals surface area contributed by atoms with Crippen molar-refractivity contribution < 1.29 is 19.0 Å². The number of carbonyl (C=O) groups is 1. The summed E-state index contributed by atoms with van der Waals surface area (Å²) in [5.74, 6) is 0.934. The molecule has 7 heteroatoms. The fourth-order valence-electron chi connectivity index (χ4n) is 3.45. The Kier molecular flexibility index (Phi) is 11.9. The molecule has 7 nitrogen and oxygen atoms in total. The molecule has 0 aliphatic carbocycles. The summed E-state index contributed by atoms with van der Waals surface area (Å²) in [4.78, 5) is 19.4. The zero-order valence-corrected chi connectivity index (χ0v) is 20.4. The standard InChI is InChI=1S/C26H39N3O4/c1-5-31-25(32-6-2)18-29(17-22-11-13-28-14-12-22)26(30)23(16-27)15-21-7-9-24(10-8-21)33-19-20(3)4/h7-14,20,23,25H,5-6,15-19,27H2,1-4H3/t23-/m1/s1. The first-order valence-corrected chi connectivity index (χ1v) is 11.8. The lowest BCUT2D eigenvalue weighted by Gasteiger charge is -2.30. The van der Waals surface area contributed by atoms with E-state index in [-0.39, 0.29) is 18.4 Å². The molecule has 2 N–H and O–H groups in total. The lowest BCUT2D eigenvalue weighted by atomic mass is 9.97. The summed E-state index contributed by atoms with van der Waals surface area (Å²) in [5.41, 5.74) is 8.11. The number of nitrogens with zero attached hydrogens (tertiary/aromatic N) is 2. The molecular formula is C26H39N3O4. The van der Waals surface area contributed by atoms with Crippen LogP contribution in [0.3, 0.4) is 0 Å². The van der Waals surface area contributed by atoms with Gasteiger partial charge in [0.15, 0.2) is 6.29 Å². The summed E-state index contributed by atoms with van der Waals surface area (Å²) in [5, 5.41) is 0. The van der Waals surface area contributed by atoms with Crippen molar-refractivity contribution in [2.45, 2.75) is 47.0 Å². The fraction of sp³-hybridized carbons (Fsp3) is 0.538. The van der Waals surface area contributed by atoms with Gasteiger partial charge in [-0.05, 0) is 61.6 Å². The number of hydrogen-bond acceptors (Lipinski definition) is 6. The highest BCUT2D eigenvalue weighted by Gasteiger charge is 2.26. The van der Waals surface area contributed by atoms with Crippen molar-refractivity contribution in [3.63, 3.8) is 0 Å². The van der Waals surface area contributed by atoms with Gasteiger partial charge >= 0.3 is 0 Å². The molecule has 182 valence electrons. The van der Waals surface area contributed by atoms with E-state index in [2.05, 4.69) is 18.8 Å². The van der Waals surface area contributed by atoms with Crippen LogP contribution in [0.25, 0.3) is 0 Å². The molecule has 0 aliphatic rings. The van der Waals surface area contributed by atoms with E-state index in [9.17, 15) is 4.79 Å². The Morgan fingerprint density at radius 1 is 1.00 bits per heavy atom. The number of hydrogen-bond donors (Lipinski definition) is 1. The number of rotatable bonds is 15. The van der Waals surface area contributed by atoms with Crippen LogP contribution in [-0.2, 0) is 27.2 Å². The topological polar surface area (TPSA) is 86.9 Å². The first-order chi connectivity index (χ1) is 16.0. The lowest BCUT2D eigenvalue weighted by molar-refractivity contribution is -0.162. The predicted octanol–water partition coefficient (Wildman–Crippen LogP) is 3.66. The minimum absolute atomic E-state index is 0.0150. The SMILES string of the molecule is CCOC(CN(Cc1ccncc1)C(=O)[C@@H](CN)Cc1ccc(OCC(C)C)cc1)OCC. The number of pyridine rings is 1. The smallest absolute Gasteiger partial charge is 0.227 e. The monoisotopic (exact) mass is 457 g/mol. The van der Waals surface area contributed by atoms with Gasteiger partial charge in [-0.15, -0.1) is 0 Å². The summed E-state index contributed by atoms with van der Waals surface area (Å²) in [6.07, 6.45) is 3.52. The Hall–Kier alpha value is -2.48. The molecule has 0 saturated heterocycles. The first-order valence-electron chi connectivity index (χ1n) is 11.8. The van der Waals surface area contributed by atoms with Gasteiger partial charge in [0, 0.05) is 38.7 Å². The van der Waals surface area contributed by atoms with Crippen LogP contribution in [0.1, 0.15) is 38.8 Å². The van der Waals surface area contributed by atoms with Crippen LogP contribution < -0.4 is 10.5 Å². The van der Waals surface area contributed by atoms with E-state index >= 15 is 0 Å². The van der Waals surface area contributed by atoms with Crippen LogP contribution in [-0.4, -0.2) is 55.0 Å². The summed E-state index contributed by atoms with van der Waals surface area (Å²) < 4.78 is 17.2. The molecule has 0 unspecified atom stereocenters. The van der Waals surface area contributed by atoms with E-state index in [1.165, 1.54) is 0 Å².